The smallest absolute Gasteiger partial charge is 0.228 e. The van der Waals surface area contributed by atoms with Crippen LogP contribution in [0, 0.1) is 0 Å². The number of amides is 2. The van der Waals surface area contributed by atoms with Crippen molar-refractivity contribution in [1.29, 1.82) is 0 Å². The molecule has 0 radical (unpaired) electrons. The number of primary amides is 1. The van der Waals surface area contributed by atoms with Crippen LogP contribution in [0.2, 0.25) is 0 Å². The third-order valence-corrected chi connectivity index (χ3v) is 5.14. The van der Waals surface area contributed by atoms with E-state index in [9.17, 15) is 9.59 Å². The van der Waals surface area contributed by atoms with Crippen LogP contribution in [0.5, 0.6) is 5.75 Å². The fourth-order valence-corrected chi connectivity index (χ4v) is 3.61. The predicted molar refractivity (Wildman–Crippen MR) is 106 cm³/mol. The first kappa shape index (κ1) is 19.7. The van der Waals surface area contributed by atoms with E-state index in [0.29, 0.717) is 25.2 Å². The minimum Gasteiger partial charge on any atom is -0.497 e. The number of aromatic nitrogens is 2. The maximum atomic E-state index is 12.8. The lowest BCUT2D eigenvalue weighted by Crippen LogP contribution is -2.43. The van der Waals surface area contributed by atoms with Gasteiger partial charge in [-0.1, -0.05) is 0 Å². The van der Waals surface area contributed by atoms with Crippen molar-refractivity contribution < 1.29 is 14.3 Å². The number of anilines is 1. The first-order chi connectivity index (χ1) is 13.4. The van der Waals surface area contributed by atoms with E-state index in [1.165, 1.54) is 0 Å². The van der Waals surface area contributed by atoms with Crippen LogP contribution in [0.25, 0.3) is 0 Å². The maximum Gasteiger partial charge on any atom is 0.228 e. The molecule has 0 spiro atoms. The quantitative estimate of drug-likeness (QED) is 0.774. The molecular formula is C20H27N5O3. The van der Waals surface area contributed by atoms with Crippen LogP contribution in [-0.2, 0) is 23.2 Å². The van der Waals surface area contributed by atoms with Gasteiger partial charge >= 0.3 is 0 Å². The molecule has 1 aliphatic heterocycles. The maximum absolute atomic E-state index is 12.8. The van der Waals surface area contributed by atoms with Crippen LogP contribution < -0.4 is 15.4 Å². The van der Waals surface area contributed by atoms with Crippen molar-refractivity contribution in [2.75, 3.05) is 31.6 Å². The molecule has 2 amide bonds. The Morgan fingerprint density at radius 1 is 1.32 bits per heavy atom. The normalized spacial score (nSPS) is 15.8. The van der Waals surface area contributed by atoms with Gasteiger partial charge in [0.25, 0.3) is 0 Å². The standard InChI is InChI=1S/C20H27N5O3/c1-4-24(15-5-7-16(28-3)8-6-15)10-9-18(26)25-12-14-11-23(2)22-19(14)17(13-25)20(21)27/h5-8,11,17H,4,9-10,12-13H2,1-3H3,(H2,21,27)/t17-/m1/s1. The fraction of sp³-hybridized carbons (Fsp3) is 0.450. The van der Waals surface area contributed by atoms with Gasteiger partial charge in [-0.3, -0.25) is 14.3 Å². The molecule has 1 aliphatic rings. The minimum atomic E-state index is -0.558. The molecule has 1 atom stereocenters. The molecular weight excluding hydrogens is 358 g/mol. The van der Waals surface area contributed by atoms with Gasteiger partial charge in [0.05, 0.1) is 18.7 Å². The first-order valence-electron chi connectivity index (χ1n) is 9.41. The summed E-state index contributed by atoms with van der Waals surface area (Å²) in [6.07, 6.45) is 2.21. The number of carbonyl (C=O) groups excluding carboxylic acids is 2. The van der Waals surface area contributed by atoms with E-state index in [4.69, 9.17) is 10.5 Å². The van der Waals surface area contributed by atoms with E-state index in [2.05, 4.69) is 16.9 Å². The first-order valence-corrected chi connectivity index (χ1v) is 9.41. The molecule has 8 heteroatoms. The molecule has 1 aromatic carbocycles. The molecule has 0 bridgehead atoms. The van der Waals surface area contributed by atoms with Gasteiger partial charge in [0, 0.05) is 57.1 Å². The molecule has 28 heavy (non-hydrogen) atoms. The van der Waals surface area contributed by atoms with Crippen LogP contribution in [0.1, 0.15) is 30.5 Å². The number of hydrogen-bond acceptors (Lipinski definition) is 5. The molecule has 2 N–H and O–H groups in total. The largest absolute Gasteiger partial charge is 0.497 e. The van der Waals surface area contributed by atoms with Gasteiger partial charge in [-0.2, -0.15) is 5.10 Å². The minimum absolute atomic E-state index is 0.00714. The average Bonchev–Trinajstić information content (AvgIpc) is 3.07. The molecule has 0 saturated heterocycles. The van der Waals surface area contributed by atoms with Gasteiger partial charge in [-0.15, -0.1) is 0 Å². The lowest BCUT2D eigenvalue weighted by atomic mass is 9.95. The summed E-state index contributed by atoms with van der Waals surface area (Å²) < 4.78 is 6.86. The predicted octanol–water partition coefficient (Wildman–Crippen LogP) is 1.26. The van der Waals surface area contributed by atoms with E-state index >= 15 is 0 Å². The Bertz CT molecular complexity index is 846. The Morgan fingerprint density at radius 3 is 2.64 bits per heavy atom. The molecule has 0 unspecified atom stereocenters. The second kappa shape index (κ2) is 8.33. The van der Waals surface area contributed by atoms with Crippen LogP contribution in [-0.4, -0.2) is 53.2 Å². The van der Waals surface area contributed by atoms with Crippen molar-refractivity contribution in [2.24, 2.45) is 12.8 Å². The van der Waals surface area contributed by atoms with Crippen molar-refractivity contribution in [3.63, 3.8) is 0 Å². The van der Waals surface area contributed by atoms with E-state index in [-0.39, 0.29) is 12.5 Å². The van der Waals surface area contributed by atoms with Crippen LogP contribution >= 0.6 is 0 Å². The lowest BCUT2D eigenvalue weighted by molar-refractivity contribution is -0.133. The zero-order valence-electron chi connectivity index (χ0n) is 16.6. The average molecular weight is 385 g/mol. The number of aryl methyl sites for hydroxylation is 1. The molecule has 1 aromatic heterocycles. The molecule has 0 aliphatic carbocycles. The monoisotopic (exact) mass is 385 g/mol. The summed E-state index contributed by atoms with van der Waals surface area (Å²) in [5.41, 5.74) is 8.16. The second-order valence-corrected chi connectivity index (χ2v) is 6.97. The molecule has 2 aromatic rings. The summed E-state index contributed by atoms with van der Waals surface area (Å²) >= 11 is 0. The highest BCUT2D eigenvalue weighted by atomic mass is 16.5. The summed E-state index contributed by atoms with van der Waals surface area (Å²) in [5.74, 6) is -0.203. The van der Waals surface area contributed by atoms with Gasteiger partial charge in [-0.05, 0) is 31.2 Å². The van der Waals surface area contributed by atoms with Gasteiger partial charge < -0.3 is 20.3 Å². The molecule has 0 saturated carbocycles. The van der Waals surface area contributed by atoms with Crippen molar-refractivity contribution >= 4 is 17.5 Å². The highest BCUT2D eigenvalue weighted by Crippen LogP contribution is 2.27. The third kappa shape index (κ3) is 4.11. The molecule has 8 nitrogen and oxygen atoms in total. The Kier molecular flexibility index (Phi) is 5.87. The zero-order chi connectivity index (χ0) is 20.3. The summed E-state index contributed by atoms with van der Waals surface area (Å²) in [7, 11) is 3.44. The SMILES string of the molecule is CCN(CCC(=O)N1Cc2cn(C)nc2[C@H](C(N)=O)C1)c1ccc(OC)cc1. The number of hydrogen-bond donors (Lipinski definition) is 1. The Hall–Kier alpha value is -3.03. The molecule has 0 fully saturated rings. The molecule has 150 valence electrons. The fourth-order valence-electron chi connectivity index (χ4n) is 3.61. The van der Waals surface area contributed by atoms with Gasteiger partial charge in [0.15, 0.2) is 0 Å². The number of methoxy groups -OCH3 is 1. The number of benzene rings is 1. The Balaban J connectivity index is 1.66. The van der Waals surface area contributed by atoms with Gasteiger partial charge in [-0.25, -0.2) is 0 Å². The third-order valence-electron chi connectivity index (χ3n) is 5.14. The van der Waals surface area contributed by atoms with Gasteiger partial charge in [0.2, 0.25) is 11.8 Å². The van der Waals surface area contributed by atoms with E-state index < -0.39 is 11.8 Å². The summed E-state index contributed by atoms with van der Waals surface area (Å²) in [5, 5.41) is 4.35. The Labute approximate surface area is 164 Å². The van der Waals surface area contributed by atoms with Crippen LogP contribution in [0.15, 0.2) is 30.5 Å². The summed E-state index contributed by atoms with van der Waals surface area (Å²) in [6, 6.07) is 7.79. The summed E-state index contributed by atoms with van der Waals surface area (Å²) in [6.45, 7) is 4.18. The number of nitrogens with zero attached hydrogens (tertiary/aromatic N) is 4. The van der Waals surface area contributed by atoms with E-state index in [1.54, 1.807) is 23.7 Å². The number of ether oxygens (including phenoxy) is 1. The number of rotatable bonds is 7. The topological polar surface area (TPSA) is 93.7 Å². The molecule has 2 heterocycles. The van der Waals surface area contributed by atoms with Crippen LogP contribution in [0.3, 0.4) is 0 Å². The number of fused-ring (bicyclic) bond motifs is 1. The Morgan fingerprint density at radius 2 is 2.04 bits per heavy atom. The van der Waals surface area contributed by atoms with Crippen LogP contribution in [0.4, 0.5) is 5.69 Å². The van der Waals surface area contributed by atoms with Crippen molar-refractivity contribution in [1.82, 2.24) is 14.7 Å². The van der Waals surface area contributed by atoms with Crippen molar-refractivity contribution in [2.45, 2.75) is 25.8 Å². The highest BCUT2D eigenvalue weighted by molar-refractivity contribution is 5.84. The van der Waals surface area contributed by atoms with E-state index in [1.807, 2.05) is 30.5 Å². The van der Waals surface area contributed by atoms with Gasteiger partial charge in [0.1, 0.15) is 5.75 Å². The van der Waals surface area contributed by atoms with Crippen molar-refractivity contribution in [3.05, 3.63) is 41.7 Å². The zero-order valence-corrected chi connectivity index (χ0v) is 16.6. The number of nitrogens with two attached hydrogens (primary N) is 1. The second-order valence-electron chi connectivity index (χ2n) is 6.97. The number of carbonyl (C=O) groups is 2. The lowest BCUT2D eigenvalue weighted by Gasteiger charge is -2.31. The highest BCUT2D eigenvalue weighted by Gasteiger charge is 2.33. The molecule has 3 rings (SSSR count). The summed E-state index contributed by atoms with van der Waals surface area (Å²) in [4.78, 5) is 28.5. The van der Waals surface area contributed by atoms with E-state index in [0.717, 1.165) is 23.5 Å². The van der Waals surface area contributed by atoms with Crippen molar-refractivity contribution in [3.8, 4) is 5.75 Å².